The Hall–Kier alpha value is 1.46. The zero-order valence-electron chi connectivity index (χ0n) is 5.62. The molecule has 1 saturated heterocycles. The maximum atomic E-state index is 2.55. The van der Waals surface area contributed by atoms with Crippen LogP contribution >= 0.6 is 19.8 Å². The van der Waals surface area contributed by atoms with E-state index in [2.05, 4.69) is 18.8 Å². The molecule has 0 aromatic carbocycles. The summed E-state index contributed by atoms with van der Waals surface area (Å²) in [6, 6.07) is 0. The third-order valence-corrected chi connectivity index (χ3v) is 19.5. The fourth-order valence-corrected chi connectivity index (χ4v) is 19.6. The first-order chi connectivity index (χ1) is 3.72. The molecule has 2 atom stereocenters. The van der Waals surface area contributed by atoms with E-state index < -0.39 is 0 Å². The first-order valence-corrected chi connectivity index (χ1v) is 10.5. The maximum absolute atomic E-state index is 2.55. The Balaban J connectivity index is 2.44. The van der Waals surface area contributed by atoms with Crippen LogP contribution in [0.25, 0.3) is 0 Å². The van der Waals surface area contributed by atoms with E-state index in [0.717, 1.165) is 0 Å². The minimum absolute atomic E-state index is 0.305. The molecular weight excluding hydrogens is 326 g/mol. The van der Waals surface area contributed by atoms with E-state index in [0.29, 0.717) is 21.2 Å². The molecule has 0 amide bonds. The van der Waals surface area contributed by atoms with Crippen molar-refractivity contribution < 1.29 is 21.2 Å². The fourth-order valence-electron chi connectivity index (χ4n) is 0.695. The first kappa shape index (κ1) is 7.57. The molecule has 0 nitrogen and oxygen atoms in total. The molecule has 0 N–H and O–H groups in total. The Morgan fingerprint density at radius 3 is 2.25 bits per heavy atom. The van der Waals surface area contributed by atoms with Gasteiger partial charge in [-0.15, -0.1) is 0 Å². The van der Waals surface area contributed by atoms with Crippen LogP contribution in [0.5, 0.6) is 0 Å². The number of hydrogen-bond donors (Lipinski definition) is 0. The van der Waals surface area contributed by atoms with Gasteiger partial charge in [0.15, 0.2) is 0 Å². The van der Waals surface area contributed by atoms with Crippen molar-refractivity contribution in [2.45, 2.75) is 21.7 Å². The molecule has 52 valence electrons. The van der Waals surface area contributed by atoms with E-state index in [1.54, 1.807) is 2.43 Å². The van der Waals surface area contributed by atoms with Crippen molar-refractivity contribution in [3.05, 3.63) is 0 Å². The van der Waals surface area contributed by atoms with Crippen LogP contribution in [0.2, 0.25) is 0 Å². The molecule has 0 aromatic heterocycles. The summed E-state index contributed by atoms with van der Waals surface area (Å²) in [5.74, 6) is 0. The number of alkyl halides is 5. The summed E-state index contributed by atoms with van der Waals surface area (Å²) >= 11 is 0.364. The quantitative estimate of drug-likeness (QED) is 0.391. The van der Waals surface area contributed by atoms with Crippen molar-refractivity contribution in [2.24, 2.45) is 0 Å². The van der Waals surface area contributed by atoms with E-state index in [1.807, 2.05) is 0 Å². The van der Waals surface area contributed by atoms with Gasteiger partial charge in [-0.3, -0.25) is 0 Å². The topological polar surface area (TPSA) is 0 Å². The predicted molar refractivity (Wildman–Crippen MR) is 43.7 cm³/mol. The first-order valence-electron chi connectivity index (χ1n) is 2.84. The van der Waals surface area contributed by atoms with Gasteiger partial charge in [0, 0.05) is 0 Å². The van der Waals surface area contributed by atoms with E-state index in [-0.39, 0.29) is 19.8 Å². The van der Waals surface area contributed by atoms with Gasteiger partial charge in [0.05, 0.1) is 0 Å². The predicted octanol–water partition coefficient (Wildman–Crippen LogP) is -1.04. The Labute approximate surface area is 69.5 Å². The fraction of sp³-hybridized carbons (Fsp3) is 1.00. The summed E-state index contributed by atoms with van der Waals surface area (Å²) in [6.45, 7) is 4.93. The van der Waals surface area contributed by atoms with Crippen LogP contribution in [0.3, 0.4) is 0 Å². The third-order valence-electron chi connectivity index (χ3n) is 1.68. The molecule has 0 aromatic rings. The minimum atomic E-state index is -0.305. The third kappa shape index (κ3) is 1.49. The normalized spacial score (nSPS) is 44.1. The monoisotopic (exact) mass is 339 g/mol. The van der Waals surface area contributed by atoms with Gasteiger partial charge in [0.2, 0.25) is 0 Å². The zero-order valence-corrected chi connectivity index (χ0v) is 9.93. The number of hydrogen-bond acceptors (Lipinski definition) is 0. The van der Waals surface area contributed by atoms with Crippen LogP contribution in [0, 0.1) is 0 Å². The summed E-state index contributed by atoms with van der Waals surface area (Å²) < 4.78 is 4.08. The molecule has 0 saturated carbocycles. The van der Waals surface area contributed by atoms with Crippen molar-refractivity contribution in [1.82, 2.24) is 0 Å². The molecule has 1 aliphatic heterocycles. The standard InChI is InChI=1S/C6H13I2/c1-5-6(2)8(3)4-7-5/h5-6H,4H2,1-3H3/q-1/t5-,6+/m0/s1. The Kier molecular flexibility index (Phi) is 2.87. The van der Waals surface area contributed by atoms with Crippen molar-refractivity contribution >= 4 is 19.8 Å². The molecule has 1 aliphatic rings. The average molecular weight is 339 g/mol. The summed E-state index contributed by atoms with van der Waals surface area (Å²) in [5.41, 5.74) is 0. The summed E-state index contributed by atoms with van der Waals surface area (Å²) in [6.07, 6.45) is 0. The molecule has 1 rings (SSSR count). The van der Waals surface area contributed by atoms with Gasteiger partial charge in [-0.1, -0.05) is 0 Å². The molecule has 0 bridgehead atoms. The van der Waals surface area contributed by atoms with Crippen molar-refractivity contribution in [3.63, 3.8) is 0 Å². The molecule has 1 fully saturated rings. The van der Waals surface area contributed by atoms with Crippen LogP contribution < -0.4 is 21.2 Å². The molecule has 0 unspecified atom stereocenters. The van der Waals surface area contributed by atoms with Gasteiger partial charge in [-0.2, -0.15) is 0 Å². The van der Waals surface area contributed by atoms with Crippen LogP contribution in [-0.2, 0) is 0 Å². The summed E-state index contributed by atoms with van der Waals surface area (Å²) in [7, 11) is 0. The summed E-state index contributed by atoms with van der Waals surface area (Å²) in [5, 5.41) is 0. The second kappa shape index (κ2) is 3.03. The number of rotatable bonds is 0. The van der Waals surface area contributed by atoms with Crippen molar-refractivity contribution in [3.8, 4) is 0 Å². The molecule has 0 aliphatic carbocycles. The molecule has 0 spiro atoms. The second-order valence-corrected chi connectivity index (χ2v) is 15.2. The zero-order chi connectivity index (χ0) is 6.15. The van der Waals surface area contributed by atoms with Crippen molar-refractivity contribution in [2.75, 3.05) is 7.36 Å². The Morgan fingerprint density at radius 1 is 1.50 bits per heavy atom. The van der Waals surface area contributed by atoms with Gasteiger partial charge < -0.3 is 0 Å². The van der Waals surface area contributed by atoms with Gasteiger partial charge in [0.1, 0.15) is 0 Å². The molecular formula is C6H13I2-. The number of halogens is 2. The SMILES string of the molecule is C[C@@H]1[I-]CI(C)[C@@H]1C. The van der Waals surface area contributed by atoms with Gasteiger partial charge in [0.25, 0.3) is 0 Å². The average Bonchev–Trinajstić information content (AvgIpc) is 1.98. The summed E-state index contributed by atoms with van der Waals surface area (Å²) in [4.78, 5) is 2.55. The Morgan fingerprint density at radius 2 is 2.12 bits per heavy atom. The Bertz CT molecular complexity index is 72.6. The van der Waals surface area contributed by atoms with Crippen LogP contribution in [-0.4, -0.2) is 15.2 Å². The van der Waals surface area contributed by atoms with E-state index >= 15 is 0 Å². The molecule has 2 heteroatoms. The molecule has 8 heavy (non-hydrogen) atoms. The van der Waals surface area contributed by atoms with Crippen LogP contribution in [0.15, 0.2) is 0 Å². The van der Waals surface area contributed by atoms with E-state index in [9.17, 15) is 0 Å². The van der Waals surface area contributed by atoms with Gasteiger partial charge in [-0.25, -0.2) is 0 Å². The molecule has 0 radical (unpaired) electrons. The second-order valence-electron chi connectivity index (χ2n) is 2.25. The molecule has 1 heterocycles. The van der Waals surface area contributed by atoms with Gasteiger partial charge >= 0.3 is 70.1 Å². The van der Waals surface area contributed by atoms with Crippen LogP contribution in [0.1, 0.15) is 13.8 Å². The van der Waals surface area contributed by atoms with Gasteiger partial charge in [-0.05, 0) is 0 Å². The van der Waals surface area contributed by atoms with E-state index in [1.165, 1.54) is 7.85 Å². The van der Waals surface area contributed by atoms with Crippen molar-refractivity contribution in [1.29, 1.82) is 0 Å². The van der Waals surface area contributed by atoms with Crippen LogP contribution in [0.4, 0.5) is 0 Å². The van der Waals surface area contributed by atoms with E-state index in [4.69, 9.17) is 0 Å².